The molecule has 0 fully saturated rings. The van der Waals surface area contributed by atoms with Crippen molar-refractivity contribution in [1.82, 2.24) is 0 Å². The molecule has 0 aromatic heterocycles. The van der Waals surface area contributed by atoms with Crippen molar-refractivity contribution in [3.05, 3.63) is 119 Å². The molecule has 0 atom stereocenters. The summed E-state index contributed by atoms with van der Waals surface area (Å²) in [5.74, 6) is -0.820. The molecule has 7 rings (SSSR count). The van der Waals surface area contributed by atoms with Crippen molar-refractivity contribution >= 4 is 55.0 Å². The molecular formula is C43H35F3O4. The van der Waals surface area contributed by atoms with E-state index >= 15 is 0 Å². The monoisotopic (exact) mass is 672 g/mol. The Hall–Kier alpha value is -5.43. The Morgan fingerprint density at radius 2 is 1.02 bits per heavy atom. The van der Waals surface area contributed by atoms with Gasteiger partial charge in [-0.1, -0.05) is 92.2 Å². The Bertz CT molecular complexity index is 2400. The summed E-state index contributed by atoms with van der Waals surface area (Å²) >= 11 is 0. The summed E-state index contributed by atoms with van der Waals surface area (Å²) in [5.41, 5.74) is 4.13. The first-order chi connectivity index (χ1) is 23.8. The number of fused-ring (bicyclic) bond motifs is 2. The van der Waals surface area contributed by atoms with Crippen molar-refractivity contribution in [2.45, 2.75) is 46.9 Å². The number of ether oxygens (including phenoxy) is 2. The molecule has 0 aliphatic carbocycles. The Morgan fingerprint density at radius 3 is 1.46 bits per heavy atom. The van der Waals surface area contributed by atoms with Crippen LogP contribution in [0.2, 0.25) is 0 Å². The Labute approximate surface area is 287 Å². The van der Waals surface area contributed by atoms with Crippen LogP contribution in [0.3, 0.4) is 0 Å². The van der Waals surface area contributed by atoms with Crippen LogP contribution < -0.4 is 0 Å². The van der Waals surface area contributed by atoms with E-state index in [-0.39, 0.29) is 18.6 Å². The molecule has 0 bridgehead atoms. The van der Waals surface area contributed by atoms with Crippen LogP contribution in [0.4, 0.5) is 13.2 Å². The van der Waals surface area contributed by atoms with Crippen molar-refractivity contribution in [2.24, 2.45) is 5.92 Å². The molecule has 0 radical (unpaired) electrons. The molecule has 0 N–H and O–H groups in total. The predicted molar refractivity (Wildman–Crippen MR) is 194 cm³/mol. The Kier molecular flexibility index (Phi) is 8.25. The first-order valence-electron chi connectivity index (χ1n) is 16.7. The van der Waals surface area contributed by atoms with Crippen molar-refractivity contribution in [1.29, 1.82) is 0 Å². The highest BCUT2D eigenvalue weighted by Crippen LogP contribution is 2.47. The van der Waals surface area contributed by atoms with Crippen LogP contribution in [0.25, 0.3) is 65.3 Å². The highest BCUT2D eigenvalue weighted by Gasteiger charge is 2.30. The second kappa shape index (κ2) is 12.5. The van der Waals surface area contributed by atoms with Gasteiger partial charge in [-0.3, -0.25) is 0 Å². The standard InChI is InChI=1S/C43H35F3O4/c1-23(2)22-49-41(47)35-20-18-33-32-16-14-29(26-8-6-25(5)7-9-26)38-36(42(48)50-24(3)4)21-19-34(40(32)38)31-17-15-30(37(35)39(31)33)27-10-12-28(13-11-27)43(44,45)46/h6-21,23-24H,22H2,1-5H3. The minimum absolute atomic E-state index is 0.108. The van der Waals surface area contributed by atoms with Gasteiger partial charge in [-0.15, -0.1) is 0 Å². The average molecular weight is 673 g/mol. The minimum atomic E-state index is -4.48. The number of carbonyl (C=O) groups is 2. The van der Waals surface area contributed by atoms with E-state index in [9.17, 15) is 22.8 Å². The van der Waals surface area contributed by atoms with Crippen LogP contribution in [0.1, 0.15) is 59.5 Å². The van der Waals surface area contributed by atoms with E-state index < -0.39 is 23.7 Å². The van der Waals surface area contributed by atoms with Crippen LogP contribution in [0.5, 0.6) is 0 Å². The molecule has 7 aromatic rings. The molecule has 0 amide bonds. The van der Waals surface area contributed by atoms with E-state index in [0.717, 1.165) is 66.5 Å². The van der Waals surface area contributed by atoms with Gasteiger partial charge in [-0.2, -0.15) is 13.2 Å². The maximum atomic E-state index is 13.7. The lowest BCUT2D eigenvalue weighted by Crippen LogP contribution is -2.12. The highest BCUT2D eigenvalue weighted by atomic mass is 19.4. The summed E-state index contributed by atoms with van der Waals surface area (Å²) in [6, 6.07) is 28.4. The zero-order valence-corrected chi connectivity index (χ0v) is 28.4. The van der Waals surface area contributed by atoms with E-state index in [4.69, 9.17) is 9.47 Å². The summed E-state index contributed by atoms with van der Waals surface area (Å²) in [7, 11) is 0. The molecule has 0 saturated heterocycles. The lowest BCUT2D eigenvalue weighted by molar-refractivity contribution is -0.137. The molecule has 0 heterocycles. The molecule has 50 heavy (non-hydrogen) atoms. The third kappa shape index (κ3) is 5.70. The lowest BCUT2D eigenvalue weighted by atomic mass is 9.82. The van der Waals surface area contributed by atoms with Gasteiger partial charge < -0.3 is 9.47 Å². The van der Waals surface area contributed by atoms with Gasteiger partial charge in [-0.05, 0) is 106 Å². The minimum Gasteiger partial charge on any atom is -0.462 e. The van der Waals surface area contributed by atoms with Crippen molar-refractivity contribution < 1.29 is 32.2 Å². The zero-order chi connectivity index (χ0) is 35.5. The van der Waals surface area contributed by atoms with E-state index in [1.54, 1.807) is 12.1 Å². The van der Waals surface area contributed by atoms with Crippen molar-refractivity contribution in [2.75, 3.05) is 6.61 Å². The smallest absolute Gasteiger partial charge is 0.416 e. The van der Waals surface area contributed by atoms with E-state index in [1.165, 1.54) is 12.1 Å². The summed E-state index contributed by atoms with van der Waals surface area (Å²) in [5, 5.41) is 6.45. The van der Waals surface area contributed by atoms with Crippen LogP contribution in [0.15, 0.2) is 97.1 Å². The fraction of sp³-hybridized carbons (Fsp3) is 0.209. The molecule has 0 spiro atoms. The lowest BCUT2D eigenvalue weighted by Gasteiger charge is -2.21. The molecule has 7 aromatic carbocycles. The van der Waals surface area contributed by atoms with Crippen LogP contribution >= 0.6 is 0 Å². The number of rotatable bonds is 7. The van der Waals surface area contributed by atoms with Crippen LogP contribution in [-0.2, 0) is 15.7 Å². The van der Waals surface area contributed by atoms with Gasteiger partial charge in [-0.25, -0.2) is 9.59 Å². The average Bonchev–Trinajstić information content (AvgIpc) is 3.08. The molecule has 252 valence electrons. The summed E-state index contributed by atoms with van der Waals surface area (Å²) in [6.07, 6.45) is -4.80. The highest BCUT2D eigenvalue weighted by molar-refractivity contribution is 6.38. The fourth-order valence-corrected chi connectivity index (χ4v) is 6.88. The van der Waals surface area contributed by atoms with E-state index in [0.29, 0.717) is 27.6 Å². The molecule has 0 aliphatic heterocycles. The Balaban J connectivity index is 1.59. The summed E-state index contributed by atoms with van der Waals surface area (Å²) < 4.78 is 52.0. The zero-order valence-electron chi connectivity index (χ0n) is 28.4. The van der Waals surface area contributed by atoms with E-state index in [1.807, 2.05) is 95.3 Å². The number of hydrogen-bond acceptors (Lipinski definition) is 4. The van der Waals surface area contributed by atoms with Gasteiger partial charge in [0.1, 0.15) is 0 Å². The quantitative estimate of drug-likeness (QED) is 0.0961. The van der Waals surface area contributed by atoms with Gasteiger partial charge in [0, 0.05) is 10.8 Å². The molecule has 0 unspecified atom stereocenters. The SMILES string of the molecule is Cc1ccc(-c2ccc3c4ccc(C(=O)OCC(C)C)c5c(-c6ccc(C(F)(F)F)cc6)ccc(c6ccc(C(=O)OC(C)C)c2c63)c54)cc1. The Morgan fingerprint density at radius 1 is 0.580 bits per heavy atom. The number of alkyl halides is 3. The maximum absolute atomic E-state index is 13.7. The van der Waals surface area contributed by atoms with Gasteiger partial charge in [0.2, 0.25) is 0 Å². The molecule has 7 heteroatoms. The van der Waals surface area contributed by atoms with Gasteiger partial charge >= 0.3 is 18.1 Å². The molecule has 0 aliphatic rings. The number of benzene rings is 7. The third-order valence-electron chi connectivity index (χ3n) is 9.12. The summed E-state index contributed by atoms with van der Waals surface area (Å²) in [6.45, 7) is 9.78. The van der Waals surface area contributed by atoms with Crippen molar-refractivity contribution in [3.63, 3.8) is 0 Å². The van der Waals surface area contributed by atoms with Crippen LogP contribution in [0, 0.1) is 12.8 Å². The molecular weight excluding hydrogens is 637 g/mol. The number of carbonyl (C=O) groups excluding carboxylic acids is 2. The second-order valence-electron chi connectivity index (χ2n) is 13.5. The predicted octanol–water partition coefficient (Wildman–Crippen LogP) is 11.8. The first kappa shape index (κ1) is 33.1. The van der Waals surface area contributed by atoms with Gasteiger partial charge in [0.25, 0.3) is 0 Å². The third-order valence-corrected chi connectivity index (χ3v) is 9.12. The van der Waals surface area contributed by atoms with Gasteiger partial charge in [0.05, 0.1) is 29.4 Å². The number of halogens is 3. The summed E-state index contributed by atoms with van der Waals surface area (Å²) in [4.78, 5) is 27.4. The number of esters is 2. The van der Waals surface area contributed by atoms with Crippen LogP contribution in [-0.4, -0.2) is 24.6 Å². The van der Waals surface area contributed by atoms with Crippen molar-refractivity contribution in [3.8, 4) is 22.3 Å². The largest absolute Gasteiger partial charge is 0.462 e. The fourth-order valence-electron chi connectivity index (χ4n) is 6.88. The second-order valence-corrected chi connectivity index (χ2v) is 13.5. The maximum Gasteiger partial charge on any atom is 0.416 e. The first-order valence-corrected chi connectivity index (χ1v) is 16.7. The topological polar surface area (TPSA) is 52.6 Å². The molecule has 0 saturated carbocycles. The van der Waals surface area contributed by atoms with Gasteiger partial charge in [0.15, 0.2) is 0 Å². The number of aryl methyl sites for hydroxylation is 1. The molecule has 4 nitrogen and oxygen atoms in total. The number of hydrogen-bond donors (Lipinski definition) is 0. The normalized spacial score (nSPS) is 12.2. The van der Waals surface area contributed by atoms with E-state index in [2.05, 4.69) is 0 Å².